The molecule has 19 heavy (non-hydrogen) atoms. The quantitative estimate of drug-likeness (QED) is 0.779. The second kappa shape index (κ2) is 6.67. The van der Waals surface area contributed by atoms with Gasteiger partial charge < -0.3 is 10.6 Å². The fraction of sp³-hybridized carbons (Fsp3) is 0.500. The van der Waals surface area contributed by atoms with Gasteiger partial charge in [-0.15, -0.1) is 5.10 Å². The van der Waals surface area contributed by atoms with Gasteiger partial charge in [0, 0.05) is 31.8 Å². The molecule has 0 aromatic carbocycles. The SMILES string of the molecule is CCNc1cc(NCCn2ccnn2)nc(CC)n1. The molecule has 0 saturated carbocycles. The van der Waals surface area contributed by atoms with Crippen LogP contribution >= 0.6 is 0 Å². The van der Waals surface area contributed by atoms with Crippen LogP contribution in [0.5, 0.6) is 0 Å². The molecule has 7 heteroatoms. The second-order valence-electron chi connectivity index (χ2n) is 4.03. The predicted octanol–water partition coefficient (Wildman–Crippen LogP) is 1.17. The lowest BCUT2D eigenvalue weighted by molar-refractivity contribution is 0.608. The molecule has 2 rings (SSSR count). The van der Waals surface area contributed by atoms with Crippen LogP contribution in [0.1, 0.15) is 19.7 Å². The monoisotopic (exact) mass is 261 g/mol. The number of hydrogen-bond donors (Lipinski definition) is 2. The van der Waals surface area contributed by atoms with Crippen molar-refractivity contribution in [2.45, 2.75) is 26.8 Å². The summed E-state index contributed by atoms with van der Waals surface area (Å²) in [6.45, 7) is 6.44. The van der Waals surface area contributed by atoms with Gasteiger partial charge in [-0.05, 0) is 6.92 Å². The summed E-state index contributed by atoms with van der Waals surface area (Å²) in [4.78, 5) is 8.86. The Morgan fingerprint density at radius 2 is 1.95 bits per heavy atom. The van der Waals surface area contributed by atoms with Crippen molar-refractivity contribution in [3.8, 4) is 0 Å². The Labute approximate surface area is 112 Å². The fourth-order valence-electron chi connectivity index (χ4n) is 1.67. The molecular formula is C12H19N7. The van der Waals surface area contributed by atoms with Gasteiger partial charge in [0.2, 0.25) is 0 Å². The number of hydrogen-bond acceptors (Lipinski definition) is 6. The minimum absolute atomic E-state index is 0.745. The van der Waals surface area contributed by atoms with Crippen LogP contribution in [0.15, 0.2) is 18.5 Å². The number of anilines is 2. The van der Waals surface area contributed by atoms with Crippen LogP contribution < -0.4 is 10.6 Å². The summed E-state index contributed by atoms with van der Waals surface area (Å²) in [5.74, 6) is 2.53. The predicted molar refractivity (Wildman–Crippen MR) is 74.1 cm³/mol. The van der Waals surface area contributed by atoms with Crippen LogP contribution in [0.25, 0.3) is 0 Å². The normalized spacial score (nSPS) is 10.4. The maximum absolute atomic E-state index is 4.45. The van der Waals surface area contributed by atoms with E-state index in [1.54, 1.807) is 10.9 Å². The van der Waals surface area contributed by atoms with E-state index in [0.717, 1.165) is 43.5 Å². The molecule has 0 radical (unpaired) electrons. The summed E-state index contributed by atoms with van der Waals surface area (Å²) < 4.78 is 1.78. The van der Waals surface area contributed by atoms with Gasteiger partial charge in [-0.3, -0.25) is 4.68 Å². The van der Waals surface area contributed by atoms with Gasteiger partial charge in [0.1, 0.15) is 17.5 Å². The molecule has 0 saturated heterocycles. The van der Waals surface area contributed by atoms with Crippen molar-refractivity contribution in [1.29, 1.82) is 0 Å². The third-order valence-corrected chi connectivity index (χ3v) is 2.57. The standard InChI is InChI=1S/C12H19N7/c1-3-10-16-11(13-4-2)9-12(17-10)14-5-7-19-8-6-15-18-19/h6,8-9H,3-5,7H2,1-2H3,(H2,13,14,16,17). The third kappa shape index (κ3) is 3.90. The first-order valence-electron chi connectivity index (χ1n) is 6.51. The van der Waals surface area contributed by atoms with Crippen molar-refractivity contribution < 1.29 is 0 Å². The Morgan fingerprint density at radius 3 is 2.58 bits per heavy atom. The summed E-state index contributed by atoms with van der Waals surface area (Å²) in [7, 11) is 0. The lowest BCUT2D eigenvalue weighted by atomic mass is 10.4. The highest BCUT2D eigenvalue weighted by atomic mass is 15.4. The van der Waals surface area contributed by atoms with E-state index in [1.165, 1.54) is 0 Å². The van der Waals surface area contributed by atoms with Crippen molar-refractivity contribution in [2.75, 3.05) is 23.7 Å². The Kier molecular flexibility index (Phi) is 4.66. The number of aryl methyl sites for hydroxylation is 1. The zero-order valence-corrected chi connectivity index (χ0v) is 11.3. The summed E-state index contributed by atoms with van der Waals surface area (Å²) in [5.41, 5.74) is 0. The molecular weight excluding hydrogens is 242 g/mol. The molecule has 0 aliphatic heterocycles. The lowest BCUT2D eigenvalue weighted by Gasteiger charge is -2.09. The molecule has 0 bridgehead atoms. The first-order chi connectivity index (χ1) is 9.31. The number of nitrogens with zero attached hydrogens (tertiary/aromatic N) is 5. The van der Waals surface area contributed by atoms with Crippen molar-refractivity contribution in [2.24, 2.45) is 0 Å². The maximum atomic E-state index is 4.45. The van der Waals surface area contributed by atoms with E-state index >= 15 is 0 Å². The molecule has 0 unspecified atom stereocenters. The Bertz CT molecular complexity index is 495. The maximum Gasteiger partial charge on any atom is 0.132 e. The van der Waals surface area contributed by atoms with E-state index in [0.29, 0.717) is 0 Å². The molecule has 0 atom stereocenters. The van der Waals surface area contributed by atoms with E-state index < -0.39 is 0 Å². The first-order valence-corrected chi connectivity index (χ1v) is 6.51. The van der Waals surface area contributed by atoms with E-state index in [2.05, 4.69) is 30.9 Å². The number of nitrogens with one attached hydrogen (secondary N) is 2. The third-order valence-electron chi connectivity index (χ3n) is 2.57. The van der Waals surface area contributed by atoms with Crippen LogP contribution in [0, 0.1) is 0 Å². The molecule has 0 aliphatic carbocycles. The van der Waals surface area contributed by atoms with Gasteiger partial charge in [0.25, 0.3) is 0 Å². The van der Waals surface area contributed by atoms with Gasteiger partial charge in [0.05, 0.1) is 12.7 Å². The molecule has 7 nitrogen and oxygen atoms in total. The number of aromatic nitrogens is 5. The highest BCUT2D eigenvalue weighted by Crippen LogP contribution is 2.11. The highest BCUT2D eigenvalue weighted by molar-refractivity contribution is 5.47. The van der Waals surface area contributed by atoms with Gasteiger partial charge >= 0.3 is 0 Å². The van der Waals surface area contributed by atoms with Crippen LogP contribution in [0.2, 0.25) is 0 Å². The van der Waals surface area contributed by atoms with Gasteiger partial charge in [-0.1, -0.05) is 12.1 Å². The molecule has 2 aromatic rings. The fourth-order valence-corrected chi connectivity index (χ4v) is 1.67. The summed E-state index contributed by atoms with van der Waals surface area (Å²) >= 11 is 0. The van der Waals surface area contributed by atoms with Crippen LogP contribution in [-0.2, 0) is 13.0 Å². The number of rotatable bonds is 7. The van der Waals surface area contributed by atoms with Crippen molar-refractivity contribution in [3.63, 3.8) is 0 Å². The molecule has 0 spiro atoms. The summed E-state index contributed by atoms with van der Waals surface area (Å²) in [6.07, 6.45) is 4.32. The molecule has 0 fully saturated rings. The van der Waals surface area contributed by atoms with E-state index in [-0.39, 0.29) is 0 Å². The minimum Gasteiger partial charge on any atom is -0.370 e. The molecule has 2 heterocycles. The Morgan fingerprint density at radius 1 is 1.16 bits per heavy atom. The average molecular weight is 261 g/mol. The van der Waals surface area contributed by atoms with Crippen molar-refractivity contribution in [1.82, 2.24) is 25.0 Å². The van der Waals surface area contributed by atoms with Crippen LogP contribution in [-0.4, -0.2) is 38.1 Å². The zero-order valence-electron chi connectivity index (χ0n) is 11.3. The van der Waals surface area contributed by atoms with E-state index in [4.69, 9.17) is 0 Å². The van der Waals surface area contributed by atoms with Crippen LogP contribution in [0.3, 0.4) is 0 Å². The van der Waals surface area contributed by atoms with Gasteiger partial charge in [0.15, 0.2) is 0 Å². The van der Waals surface area contributed by atoms with E-state index in [9.17, 15) is 0 Å². The second-order valence-corrected chi connectivity index (χ2v) is 4.03. The Hall–Kier alpha value is -2.18. The van der Waals surface area contributed by atoms with Crippen molar-refractivity contribution in [3.05, 3.63) is 24.3 Å². The molecule has 0 aliphatic rings. The van der Waals surface area contributed by atoms with Gasteiger partial charge in [-0.25, -0.2) is 9.97 Å². The summed E-state index contributed by atoms with van der Waals surface area (Å²) in [6, 6.07) is 1.92. The molecule has 102 valence electrons. The average Bonchev–Trinajstić information content (AvgIpc) is 2.92. The lowest BCUT2D eigenvalue weighted by Crippen LogP contribution is -2.13. The molecule has 2 aromatic heterocycles. The minimum atomic E-state index is 0.745. The van der Waals surface area contributed by atoms with Crippen molar-refractivity contribution >= 4 is 11.6 Å². The molecule has 0 amide bonds. The zero-order chi connectivity index (χ0) is 13.5. The first kappa shape index (κ1) is 13.3. The van der Waals surface area contributed by atoms with E-state index in [1.807, 2.05) is 26.1 Å². The molecule has 2 N–H and O–H groups in total. The highest BCUT2D eigenvalue weighted by Gasteiger charge is 2.02. The Balaban J connectivity index is 1.96. The largest absolute Gasteiger partial charge is 0.370 e. The van der Waals surface area contributed by atoms with Gasteiger partial charge in [-0.2, -0.15) is 0 Å². The smallest absolute Gasteiger partial charge is 0.132 e. The topological polar surface area (TPSA) is 80.5 Å². The summed E-state index contributed by atoms with van der Waals surface area (Å²) in [5, 5.41) is 14.2. The van der Waals surface area contributed by atoms with Crippen LogP contribution in [0.4, 0.5) is 11.6 Å².